The van der Waals surface area contributed by atoms with E-state index in [0.717, 1.165) is 19.4 Å². The van der Waals surface area contributed by atoms with E-state index < -0.39 is 11.9 Å². The number of H-pyrrole nitrogens is 1. The van der Waals surface area contributed by atoms with Gasteiger partial charge in [0.05, 0.1) is 12.0 Å². The lowest BCUT2D eigenvalue weighted by atomic mass is 9.93. The van der Waals surface area contributed by atoms with Gasteiger partial charge in [0.15, 0.2) is 5.69 Å². The van der Waals surface area contributed by atoms with Crippen molar-refractivity contribution in [1.82, 2.24) is 29.9 Å². The van der Waals surface area contributed by atoms with Gasteiger partial charge in [-0.05, 0) is 60.4 Å². The Morgan fingerprint density at radius 2 is 1.91 bits per heavy atom. The van der Waals surface area contributed by atoms with E-state index in [1.54, 1.807) is 12.4 Å². The lowest BCUT2D eigenvalue weighted by Crippen LogP contribution is -2.07. The van der Waals surface area contributed by atoms with Gasteiger partial charge in [-0.25, -0.2) is 4.98 Å². The molecule has 2 aliphatic rings. The van der Waals surface area contributed by atoms with Gasteiger partial charge in [0.25, 0.3) is 0 Å². The number of nitrogens with zero attached hydrogens (tertiary/aromatic N) is 5. The summed E-state index contributed by atoms with van der Waals surface area (Å²) in [5.74, 6) is 1.16. The SMILES string of the molecule is FC(F)(F)c1n[nH]nc1-c1ccnc(-c2cn(C[C@@H]3CCc4cccc(C5CC5)c43)cn2)c1. The van der Waals surface area contributed by atoms with Gasteiger partial charge in [0.2, 0.25) is 0 Å². The topological polar surface area (TPSA) is 72.3 Å². The summed E-state index contributed by atoms with van der Waals surface area (Å²) in [6.07, 6.45) is 5.34. The molecule has 1 aromatic carbocycles. The number of hydrogen-bond acceptors (Lipinski definition) is 4. The monoisotopic (exact) mass is 450 g/mol. The summed E-state index contributed by atoms with van der Waals surface area (Å²) >= 11 is 0. The lowest BCUT2D eigenvalue weighted by molar-refractivity contribution is -0.140. The number of alkyl halides is 3. The number of aryl methyl sites for hydroxylation is 1. The van der Waals surface area contributed by atoms with Crippen molar-refractivity contribution in [1.29, 1.82) is 0 Å². The van der Waals surface area contributed by atoms with Crippen LogP contribution in [0, 0.1) is 0 Å². The van der Waals surface area contributed by atoms with Crippen molar-refractivity contribution in [2.75, 3.05) is 0 Å². The van der Waals surface area contributed by atoms with Crippen molar-refractivity contribution < 1.29 is 13.2 Å². The van der Waals surface area contributed by atoms with Gasteiger partial charge in [0.1, 0.15) is 11.4 Å². The number of imidazole rings is 1. The summed E-state index contributed by atoms with van der Waals surface area (Å²) in [6, 6.07) is 9.76. The molecule has 0 unspecified atom stereocenters. The van der Waals surface area contributed by atoms with E-state index in [1.807, 2.05) is 6.20 Å². The second kappa shape index (κ2) is 7.54. The Morgan fingerprint density at radius 1 is 1.03 bits per heavy atom. The first-order valence-corrected chi connectivity index (χ1v) is 11.1. The minimum absolute atomic E-state index is 0.249. The first-order chi connectivity index (χ1) is 16.0. The summed E-state index contributed by atoms with van der Waals surface area (Å²) in [4.78, 5) is 8.80. The highest BCUT2D eigenvalue weighted by Crippen LogP contribution is 2.47. The maximum absolute atomic E-state index is 13.2. The van der Waals surface area contributed by atoms with Gasteiger partial charge < -0.3 is 4.57 Å². The van der Waals surface area contributed by atoms with Gasteiger partial charge in [-0.15, -0.1) is 0 Å². The minimum Gasteiger partial charge on any atom is -0.336 e. The van der Waals surface area contributed by atoms with Crippen LogP contribution in [-0.2, 0) is 19.1 Å². The standard InChI is InChI=1S/C24H21F3N6/c25-24(26,27)23-22(30-32-31-23)16-8-9-28-19(10-16)20-12-33(13-29-20)11-17-7-6-15-2-1-3-18(21(15)17)14-4-5-14/h1-3,8-10,12-14,17H,4-7,11H2,(H,30,31,32)/t17-/m0/s1. The fourth-order valence-electron chi connectivity index (χ4n) is 4.95. The molecule has 2 aliphatic carbocycles. The molecule has 6 rings (SSSR count). The Bertz CT molecular complexity index is 1320. The maximum atomic E-state index is 13.2. The van der Waals surface area contributed by atoms with Crippen LogP contribution in [0.2, 0.25) is 0 Å². The average Bonchev–Trinajstić information content (AvgIpc) is 3.19. The predicted octanol–water partition coefficient (Wildman–Crippen LogP) is 5.36. The van der Waals surface area contributed by atoms with Crippen molar-refractivity contribution >= 4 is 0 Å². The first kappa shape index (κ1) is 20.1. The molecule has 6 nitrogen and oxygen atoms in total. The fourth-order valence-corrected chi connectivity index (χ4v) is 4.95. The summed E-state index contributed by atoms with van der Waals surface area (Å²) in [5, 5.41) is 9.04. The highest BCUT2D eigenvalue weighted by molar-refractivity contribution is 5.67. The number of hydrogen-bond donors (Lipinski definition) is 1. The van der Waals surface area contributed by atoms with Crippen molar-refractivity contribution in [2.24, 2.45) is 0 Å². The number of nitrogens with one attached hydrogen (secondary N) is 1. The van der Waals surface area contributed by atoms with Crippen LogP contribution in [0.25, 0.3) is 22.6 Å². The molecule has 0 amide bonds. The average molecular weight is 450 g/mol. The van der Waals surface area contributed by atoms with Crippen LogP contribution in [0.15, 0.2) is 49.1 Å². The van der Waals surface area contributed by atoms with Crippen LogP contribution < -0.4 is 0 Å². The molecule has 1 atom stereocenters. The van der Waals surface area contributed by atoms with Crippen LogP contribution in [0.5, 0.6) is 0 Å². The largest absolute Gasteiger partial charge is 0.437 e. The molecule has 0 spiro atoms. The molecular formula is C24H21F3N6. The van der Waals surface area contributed by atoms with Crippen molar-refractivity contribution in [3.05, 3.63) is 71.4 Å². The molecular weight excluding hydrogens is 429 g/mol. The number of aromatic nitrogens is 6. The quantitative estimate of drug-likeness (QED) is 0.445. The van der Waals surface area contributed by atoms with E-state index in [2.05, 4.69) is 48.1 Å². The van der Waals surface area contributed by atoms with Crippen LogP contribution in [-0.4, -0.2) is 29.9 Å². The van der Waals surface area contributed by atoms with Crippen LogP contribution in [0.3, 0.4) is 0 Å². The zero-order chi connectivity index (χ0) is 22.6. The van der Waals surface area contributed by atoms with Crippen molar-refractivity contribution in [3.8, 4) is 22.6 Å². The third-order valence-electron chi connectivity index (χ3n) is 6.59. The maximum Gasteiger partial charge on any atom is 0.437 e. The van der Waals surface area contributed by atoms with Gasteiger partial charge >= 0.3 is 6.18 Å². The molecule has 9 heteroatoms. The summed E-state index contributed by atoms with van der Waals surface area (Å²) < 4.78 is 41.7. The normalized spacial score (nSPS) is 18.0. The molecule has 0 radical (unpaired) electrons. The van der Waals surface area contributed by atoms with E-state index in [-0.39, 0.29) is 11.3 Å². The molecule has 4 aromatic rings. The van der Waals surface area contributed by atoms with Crippen LogP contribution >= 0.6 is 0 Å². The fraction of sp³-hybridized carbons (Fsp3) is 0.333. The molecule has 1 N–H and O–H groups in total. The molecule has 3 aromatic heterocycles. The van der Waals surface area contributed by atoms with Crippen molar-refractivity contribution in [3.63, 3.8) is 0 Å². The Hall–Kier alpha value is -3.49. The number of benzene rings is 1. The third kappa shape index (κ3) is 3.71. The Balaban J connectivity index is 1.26. The summed E-state index contributed by atoms with van der Waals surface area (Å²) in [6.45, 7) is 0.824. The number of rotatable bonds is 5. The number of fused-ring (bicyclic) bond motifs is 1. The second-order valence-electron chi connectivity index (χ2n) is 8.83. The number of halogens is 3. The van der Waals surface area contributed by atoms with Gasteiger partial charge in [-0.3, -0.25) is 4.98 Å². The molecule has 1 fully saturated rings. The summed E-state index contributed by atoms with van der Waals surface area (Å²) in [7, 11) is 0. The molecule has 33 heavy (non-hydrogen) atoms. The smallest absolute Gasteiger partial charge is 0.336 e. The number of pyridine rings is 1. The summed E-state index contributed by atoms with van der Waals surface area (Å²) in [5.41, 5.74) is 4.59. The van der Waals surface area contributed by atoms with E-state index in [9.17, 15) is 13.2 Å². The zero-order valence-electron chi connectivity index (χ0n) is 17.7. The van der Waals surface area contributed by atoms with E-state index in [4.69, 9.17) is 0 Å². The van der Waals surface area contributed by atoms with Gasteiger partial charge in [-0.1, -0.05) is 18.2 Å². The molecule has 168 valence electrons. The van der Waals surface area contributed by atoms with Gasteiger partial charge in [-0.2, -0.15) is 28.6 Å². The second-order valence-corrected chi connectivity index (χ2v) is 8.83. The number of aromatic amines is 1. The molecule has 0 bridgehead atoms. The van der Waals surface area contributed by atoms with E-state index in [1.165, 1.54) is 41.8 Å². The molecule has 0 saturated heterocycles. The Labute approximate surface area is 187 Å². The van der Waals surface area contributed by atoms with Crippen LogP contribution in [0.1, 0.15) is 53.5 Å². The Morgan fingerprint density at radius 3 is 2.73 bits per heavy atom. The first-order valence-electron chi connectivity index (χ1n) is 11.1. The molecule has 0 aliphatic heterocycles. The lowest BCUT2D eigenvalue weighted by Gasteiger charge is -2.16. The highest BCUT2D eigenvalue weighted by Gasteiger charge is 2.38. The van der Waals surface area contributed by atoms with E-state index >= 15 is 0 Å². The molecule has 1 saturated carbocycles. The van der Waals surface area contributed by atoms with Crippen LogP contribution in [0.4, 0.5) is 13.2 Å². The van der Waals surface area contributed by atoms with Gasteiger partial charge in [0, 0.05) is 30.4 Å². The highest BCUT2D eigenvalue weighted by atomic mass is 19.4. The minimum atomic E-state index is -4.59. The zero-order valence-corrected chi connectivity index (χ0v) is 17.7. The van der Waals surface area contributed by atoms with Crippen molar-refractivity contribution in [2.45, 2.75) is 50.2 Å². The predicted molar refractivity (Wildman–Crippen MR) is 115 cm³/mol. The molecule has 3 heterocycles. The third-order valence-corrected chi connectivity index (χ3v) is 6.59. The Kier molecular flexibility index (Phi) is 4.60. The van der Waals surface area contributed by atoms with E-state index in [0.29, 0.717) is 23.2 Å².